The van der Waals surface area contributed by atoms with Crippen LogP contribution in [0.15, 0.2) is 83.7 Å². The van der Waals surface area contributed by atoms with E-state index in [2.05, 4.69) is 20.8 Å². The Morgan fingerprint density at radius 3 is 2.27 bits per heavy atom. The van der Waals surface area contributed by atoms with Gasteiger partial charge >= 0.3 is 5.56 Å². The van der Waals surface area contributed by atoms with Crippen LogP contribution in [0.5, 0.6) is 5.75 Å². The van der Waals surface area contributed by atoms with Gasteiger partial charge in [-0.3, -0.25) is 9.36 Å². The van der Waals surface area contributed by atoms with Crippen LogP contribution in [0.25, 0.3) is 22.3 Å². The molecule has 0 bridgehead atoms. The number of fused-ring (bicyclic) bond motifs is 1. The Labute approximate surface area is 192 Å². The van der Waals surface area contributed by atoms with E-state index in [0.29, 0.717) is 27.1 Å². The highest BCUT2D eigenvalue weighted by molar-refractivity contribution is 5.73. The van der Waals surface area contributed by atoms with Crippen LogP contribution < -0.4 is 15.0 Å². The quantitative estimate of drug-likeness (QED) is 0.360. The summed E-state index contributed by atoms with van der Waals surface area (Å²) in [4.78, 5) is 13.3. The van der Waals surface area contributed by atoms with E-state index >= 15 is 0 Å². The molecule has 1 aromatic heterocycles. The number of aromatic nitrogens is 2. The Kier molecular flexibility index (Phi) is 6.20. The van der Waals surface area contributed by atoms with E-state index in [1.165, 1.54) is 10.1 Å². The minimum atomic E-state index is -0.945. The van der Waals surface area contributed by atoms with Gasteiger partial charge in [-0.05, 0) is 41.3 Å². The maximum atomic E-state index is 13.3. The Morgan fingerprint density at radius 1 is 0.970 bits per heavy atom. The number of rotatable bonds is 6. The van der Waals surface area contributed by atoms with Gasteiger partial charge in [0, 0.05) is 6.07 Å². The summed E-state index contributed by atoms with van der Waals surface area (Å²) in [6, 6.07) is 23.5. The first-order valence-electron chi connectivity index (χ1n) is 11.0. The molecule has 0 saturated carbocycles. The van der Waals surface area contributed by atoms with Gasteiger partial charge in [-0.15, -0.1) is 0 Å². The highest BCUT2D eigenvalue weighted by Crippen LogP contribution is 2.24. The van der Waals surface area contributed by atoms with E-state index < -0.39 is 11.7 Å². The number of aliphatic hydroxyl groups is 1. The lowest BCUT2D eigenvalue weighted by atomic mass is 9.87. The van der Waals surface area contributed by atoms with Crippen LogP contribution in [0.3, 0.4) is 0 Å². The molecule has 6 heteroatoms. The average Bonchev–Trinajstić information content (AvgIpc) is 2.81. The van der Waals surface area contributed by atoms with Crippen molar-refractivity contribution in [1.29, 1.82) is 0 Å². The van der Waals surface area contributed by atoms with Crippen LogP contribution in [0.1, 0.15) is 26.3 Å². The molecule has 1 heterocycles. The van der Waals surface area contributed by atoms with Gasteiger partial charge in [0.15, 0.2) is 0 Å². The van der Waals surface area contributed by atoms with Crippen LogP contribution >= 0.6 is 0 Å². The van der Waals surface area contributed by atoms with Crippen molar-refractivity contribution in [3.63, 3.8) is 0 Å². The minimum absolute atomic E-state index is 0.0000942. The third kappa shape index (κ3) is 4.76. The van der Waals surface area contributed by atoms with E-state index in [0.717, 1.165) is 0 Å². The smallest absolute Gasteiger partial charge is 0.325 e. The van der Waals surface area contributed by atoms with Crippen LogP contribution in [-0.4, -0.2) is 22.4 Å². The lowest BCUT2D eigenvalue weighted by Crippen LogP contribution is -2.42. The molecular weight excluding hydrogens is 416 g/mol. The molecule has 170 valence electrons. The van der Waals surface area contributed by atoms with Crippen molar-refractivity contribution in [1.82, 2.24) is 4.57 Å². The summed E-state index contributed by atoms with van der Waals surface area (Å²) in [6.45, 7) is 6.44. The summed E-state index contributed by atoms with van der Waals surface area (Å²) in [5.74, 6) is 0.648. The molecule has 0 saturated heterocycles. The minimum Gasteiger partial charge on any atom is -0.618 e. The standard InChI is InChI=1S/C27H28N2O4/c1-27(2,3)20-13-15-22(16-14-20)33-18-21(30)17-28-23-11-7-8-12-24(23)29(32)25(26(28)31)19-9-5-4-6-10-19/h4-16,21,30H,17-18H2,1-3H3. The van der Waals surface area contributed by atoms with Crippen molar-refractivity contribution in [2.75, 3.05) is 6.61 Å². The molecule has 3 aromatic carbocycles. The van der Waals surface area contributed by atoms with Crippen LogP contribution in [0, 0.1) is 5.21 Å². The summed E-state index contributed by atoms with van der Waals surface area (Å²) in [6.07, 6.45) is -0.945. The maximum absolute atomic E-state index is 13.3. The Morgan fingerprint density at radius 2 is 1.61 bits per heavy atom. The van der Waals surface area contributed by atoms with Crippen molar-refractivity contribution in [3.05, 3.63) is 100.0 Å². The molecule has 4 aromatic rings. The Hall–Kier alpha value is -3.64. The highest BCUT2D eigenvalue weighted by atomic mass is 16.5. The van der Waals surface area contributed by atoms with Gasteiger partial charge in [0.05, 0.1) is 12.1 Å². The fourth-order valence-electron chi connectivity index (χ4n) is 3.83. The highest BCUT2D eigenvalue weighted by Gasteiger charge is 2.23. The first-order chi connectivity index (χ1) is 15.8. The number of ether oxygens (including phenoxy) is 1. The number of hydrogen-bond donors (Lipinski definition) is 1. The summed E-state index contributed by atoms with van der Waals surface area (Å²) in [5.41, 5.74) is 2.16. The van der Waals surface area contributed by atoms with Crippen LogP contribution in [-0.2, 0) is 12.0 Å². The van der Waals surface area contributed by atoms with Gasteiger partial charge in [-0.25, -0.2) is 0 Å². The molecule has 4 rings (SSSR count). The third-order valence-electron chi connectivity index (χ3n) is 5.65. The Balaban J connectivity index is 1.61. The maximum Gasteiger partial charge on any atom is 0.325 e. The molecule has 1 N–H and O–H groups in total. The normalized spacial score (nSPS) is 12.6. The first-order valence-corrected chi connectivity index (χ1v) is 11.0. The molecule has 0 aliphatic rings. The van der Waals surface area contributed by atoms with Gasteiger partial charge in [-0.2, -0.15) is 4.73 Å². The number of nitrogens with zero attached hydrogens (tertiary/aromatic N) is 2. The second-order valence-electron chi connectivity index (χ2n) is 9.15. The number of benzene rings is 3. The van der Waals surface area contributed by atoms with Gasteiger partial charge in [0.25, 0.3) is 5.69 Å². The molecule has 0 spiro atoms. The lowest BCUT2D eigenvalue weighted by Gasteiger charge is -2.20. The van der Waals surface area contributed by atoms with Gasteiger partial charge in [0.1, 0.15) is 24.0 Å². The van der Waals surface area contributed by atoms with Crippen LogP contribution in [0.4, 0.5) is 0 Å². The van der Waals surface area contributed by atoms with Gasteiger partial charge in [-0.1, -0.05) is 63.2 Å². The summed E-state index contributed by atoms with van der Waals surface area (Å²) >= 11 is 0. The summed E-state index contributed by atoms with van der Waals surface area (Å²) < 4.78 is 7.88. The molecular formula is C27H28N2O4. The SMILES string of the molecule is CC(C)(C)c1ccc(OCC(O)Cn2c(=O)c(-c3ccccc3)[n+]([O-])c3ccccc32)cc1. The van der Waals surface area contributed by atoms with E-state index in [4.69, 9.17) is 4.74 Å². The van der Waals surface area contributed by atoms with Crippen molar-refractivity contribution in [2.24, 2.45) is 0 Å². The molecule has 1 unspecified atom stereocenters. The first kappa shape index (κ1) is 22.6. The van der Waals surface area contributed by atoms with Gasteiger partial charge < -0.3 is 15.1 Å². The number of hydrogen-bond acceptors (Lipinski definition) is 4. The summed E-state index contributed by atoms with van der Waals surface area (Å²) in [7, 11) is 0. The average molecular weight is 445 g/mol. The zero-order valence-electron chi connectivity index (χ0n) is 19.1. The molecule has 0 fully saturated rings. The van der Waals surface area contributed by atoms with Crippen molar-refractivity contribution in [3.8, 4) is 17.0 Å². The van der Waals surface area contributed by atoms with Gasteiger partial charge in [0.2, 0.25) is 5.52 Å². The molecule has 0 aliphatic carbocycles. The zero-order chi connectivity index (χ0) is 23.6. The van der Waals surface area contributed by atoms with Crippen molar-refractivity contribution in [2.45, 2.75) is 38.8 Å². The zero-order valence-corrected chi connectivity index (χ0v) is 19.1. The topological polar surface area (TPSA) is 78.4 Å². The molecule has 6 nitrogen and oxygen atoms in total. The fourth-order valence-corrected chi connectivity index (χ4v) is 3.83. The monoisotopic (exact) mass is 444 g/mol. The van der Waals surface area contributed by atoms with Crippen LogP contribution in [0.2, 0.25) is 0 Å². The Bertz CT molecular complexity index is 1310. The van der Waals surface area contributed by atoms with E-state index in [-0.39, 0.29) is 24.3 Å². The molecule has 0 radical (unpaired) electrons. The third-order valence-corrected chi connectivity index (χ3v) is 5.65. The predicted molar refractivity (Wildman–Crippen MR) is 129 cm³/mol. The second-order valence-corrected chi connectivity index (χ2v) is 9.15. The lowest BCUT2D eigenvalue weighted by molar-refractivity contribution is -0.566. The molecule has 0 aliphatic heterocycles. The number of para-hydroxylation sites is 2. The largest absolute Gasteiger partial charge is 0.618 e. The van der Waals surface area contributed by atoms with E-state index in [1.54, 1.807) is 48.5 Å². The molecule has 0 amide bonds. The van der Waals surface area contributed by atoms with Crippen molar-refractivity contribution >= 4 is 11.0 Å². The fraction of sp³-hybridized carbons (Fsp3) is 0.259. The number of aliphatic hydroxyl groups excluding tert-OH is 1. The second kappa shape index (κ2) is 9.08. The molecule has 1 atom stereocenters. The van der Waals surface area contributed by atoms with E-state index in [1.807, 2.05) is 30.3 Å². The van der Waals surface area contributed by atoms with Crippen molar-refractivity contribution < 1.29 is 14.6 Å². The summed E-state index contributed by atoms with van der Waals surface area (Å²) in [5, 5.41) is 23.7. The van der Waals surface area contributed by atoms with E-state index in [9.17, 15) is 15.1 Å². The molecule has 33 heavy (non-hydrogen) atoms. The predicted octanol–water partition coefficient (Wildman–Crippen LogP) is 4.04.